The highest BCUT2D eigenvalue weighted by Crippen LogP contribution is 2.23. The van der Waals surface area contributed by atoms with Gasteiger partial charge in [-0.05, 0) is 38.1 Å². The van der Waals surface area contributed by atoms with Crippen LogP contribution in [0.4, 0.5) is 5.69 Å². The summed E-state index contributed by atoms with van der Waals surface area (Å²) in [5.74, 6) is 0.472. The van der Waals surface area contributed by atoms with Gasteiger partial charge < -0.3 is 4.52 Å². The first-order valence-electron chi connectivity index (χ1n) is 7.05. The minimum Gasteiger partial charge on any atom is -0.361 e. The highest BCUT2D eigenvalue weighted by Gasteiger charge is 2.13. The van der Waals surface area contributed by atoms with Gasteiger partial charge in [-0.25, -0.2) is 0 Å². The van der Waals surface area contributed by atoms with E-state index in [1.807, 2.05) is 13.0 Å². The summed E-state index contributed by atoms with van der Waals surface area (Å²) < 4.78 is 5.06. The molecule has 0 radical (unpaired) electrons. The van der Waals surface area contributed by atoms with Crippen LogP contribution < -0.4 is 10.9 Å². The number of carbonyl (C=O) groups excluding carboxylic acids is 1. The normalized spacial score (nSPS) is 10.7. The second-order valence-electron chi connectivity index (χ2n) is 5.17. The summed E-state index contributed by atoms with van der Waals surface area (Å²) in [6.45, 7) is 3.60. The lowest BCUT2D eigenvalue weighted by atomic mass is 10.1. The monoisotopic (exact) mass is 330 g/mol. The molecule has 0 saturated carbocycles. The molecule has 118 valence electrons. The molecule has 0 saturated heterocycles. The van der Waals surface area contributed by atoms with E-state index in [1.54, 1.807) is 31.3 Å². The summed E-state index contributed by atoms with van der Waals surface area (Å²) in [6.07, 6.45) is 1.85. The molecule has 0 aliphatic carbocycles. The third-order valence-corrected chi connectivity index (χ3v) is 3.80. The third kappa shape index (κ3) is 3.27. The summed E-state index contributed by atoms with van der Waals surface area (Å²) in [4.78, 5) is 16.4. The summed E-state index contributed by atoms with van der Waals surface area (Å²) in [6, 6.07) is 7.19. The van der Waals surface area contributed by atoms with Gasteiger partial charge in [0.15, 0.2) is 0 Å². The molecule has 0 bridgehead atoms. The quantitative estimate of drug-likeness (QED) is 0.718. The number of benzene rings is 1. The lowest BCUT2D eigenvalue weighted by Gasteiger charge is -2.11. The third-order valence-electron chi connectivity index (χ3n) is 3.56. The van der Waals surface area contributed by atoms with Gasteiger partial charge in [-0.1, -0.05) is 16.8 Å². The fourth-order valence-corrected chi connectivity index (χ4v) is 2.49. The number of aryl methyl sites for hydroxylation is 2. The Kier molecular flexibility index (Phi) is 4.16. The van der Waals surface area contributed by atoms with E-state index in [2.05, 4.69) is 21.0 Å². The minimum absolute atomic E-state index is 0.182. The Morgan fingerprint density at radius 2 is 2.13 bits per heavy atom. The van der Waals surface area contributed by atoms with Gasteiger partial charge in [-0.15, -0.1) is 0 Å². The Balaban J connectivity index is 1.72. The zero-order valence-electron chi connectivity index (χ0n) is 12.7. The number of rotatable bonds is 4. The van der Waals surface area contributed by atoms with E-state index in [1.165, 1.54) is 0 Å². The van der Waals surface area contributed by atoms with Crippen LogP contribution in [0.1, 0.15) is 17.0 Å². The number of fused-ring (bicyclic) bond motifs is 1. The number of amides is 1. The van der Waals surface area contributed by atoms with Gasteiger partial charge in [-0.3, -0.25) is 20.6 Å². The van der Waals surface area contributed by atoms with E-state index in [-0.39, 0.29) is 12.3 Å². The maximum absolute atomic E-state index is 12.1. The van der Waals surface area contributed by atoms with E-state index < -0.39 is 0 Å². The van der Waals surface area contributed by atoms with Crippen LogP contribution in [0.3, 0.4) is 0 Å². The number of aromatic nitrogens is 2. The Labute approximate surface area is 137 Å². The fourth-order valence-electron chi connectivity index (χ4n) is 2.33. The summed E-state index contributed by atoms with van der Waals surface area (Å²) >= 11 is 5.96. The zero-order chi connectivity index (χ0) is 16.4. The maximum Gasteiger partial charge on any atom is 0.242 e. The van der Waals surface area contributed by atoms with Crippen molar-refractivity contribution in [3.63, 3.8) is 0 Å². The first kappa shape index (κ1) is 15.3. The molecule has 3 aromatic rings. The molecular weight excluding hydrogens is 316 g/mol. The number of nitrogens with zero attached hydrogens (tertiary/aromatic N) is 2. The SMILES string of the molecule is Cc1noc(C)c1CC(=O)NNc1ccnc2cc(Cl)ccc12. The largest absolute Gasteiger partial charge is 0.361 e. The Morgan fingerprint density at radius 1 is 1.30 bits per heavy atom. The number of carbonyl (C=O) groups is 1. The topological polar surface area (TPSA) is 80.0 Å². The van der Waals surface area contributed by atoms with Crippen molar-refractivity contribution in [2.75, 3.05) is 5.43 Å². The van der Waals surface area contributed by atoms with Gasteiger partial charge in [0.1, 0.15) is 5.76 Å². The van der Waals surface area contributed by atoms with Crippen LogP contribution >= 0.6 is 11.6 Å². The number of hydrogen-bond donors (Lipinski definition) is 2. The molecule has 6 nitrogen and oxygen atoms in total. The van der Waals surface area contributed by atoms with Crippen LogP contribution in [-0.2, 0) is 11.2 Å². The van der Waals surface area contributed by atoms with Crippen molar-refractivity contribution in [1.82, 2.24) is 15.6 Å². The number of pyridine rings is 1. The van der Waals surface area contributed by atoms with Gasteiger partial charge >= 0.3 is 0 Å². The van der Waals surface area contributed by atoms with Crippen LogP contribution in [0.15, 0.2) is 35.0 Å². The number of nitrogens with one attached hydrogen (secondary N) is 2. The Morgan fingerprint density at radius 3 is 2.87 bits per heavy atom. The highest BCUT2D eigenvalue weighted by atomic mass is 35.5. The molecule has 1 aromatic carbocycles. The van der Waals surface area contributed by atoms with E-state index in [9.17, 15) is 4.79 Å². The minimum atomic E-state index is -0.182. The zero-order valence-corrected chi connectivity index (χ0v) is 13.4. The van der Waals surface area contributed by atoms with Crippen LogP contribution in [0.2, 0.25) is 5.02 Å². The van der Waals surface area contributed by atoms with Gasteiger partial charge in [0.2, 0.25) is 5.91 Å². The number of halogens is 1. The van der Waals surface area contributed by atoms with Crippen molar-refractivity contribution in [3.05, 3.63) is 52.5 Å². The lowest BCUT2D eigenvalue weighted by molar-refractivity contribution is -0.119. The lowest BCUT2D eigenvalue weighted by Crippen LogP contribution is -2.31. The van der Waals surface area contributed by atoms with Gasteiger partial charge in [0, 0.05) is 22.2 Å². The molecule has 23 heavy (non-hydrogen) atoms. The van der Waals surface area contributed by atoms with Gasteiger partial charge in [0.05, 0.1) is 23.3 Å². The maximum atomic E-state index is 12.1. The second-order valence-corrected chi connectivity index (χ2v) is 5.61. The van der Waals surface area contributed by atoms with Gasteiger partial charge in [-0.2, -0.15) is 0 Å². The van der Waals surface area contributed by atoms with Crippen molar-refractivity contribution in [2.45, 2.75) is 20.3 Å². The molecule has 2 N–H and O–H groups in total. The van der Waals surface area contributed by atoms with Gasteiger partial charge in [0.25, 0.3) is 0 Å². The van der Waals surface area contributed by atoms with E-state index in [4.69, 9.17) is 16.1 Å². The molecule has 0 atom stereocenters. The number of hydrogen-bond acceptors (Lipinski definition) is 5. The van der Waals surface area contributed by atoms with E-state index in [0.29, 0.717) is 10.8 Å². The van der Waals surface area contributed by atoms with Crippen LogP contribution in [-0.4, -0.2) is 16.0 Å². The number of anilines is 1. The highest BCUT2D eigenvalue weighted by molar-refractivity contribution is 6.31. The number of hydrazine groups is 1. The fraction of sp³-hybridized carbons (Fsp3) is 0.188. The van der Waals surface area contributed by atoms with Crippen LogP contribution in [0, 0.1) is 13.8 Å². The second kappa shape index (κ2) is 6.26. The Bertz CT molecular complexity index is 856. The standard InChI is InChI=1S/C16H15ClN4O2/c1-9-13(10(2)23-21-9)8-16(22)20-19-14-5-6-18-15-7-11(17)3-4-12(14)15/h3-7H,8H2,1-2H3,(H,18,19)(H,20,22). The molecule has 0 aliphatic rings. The van der Waals surface area contributed by atoms with E-state index >= 15 is 0 Å². The van der Waals surface area contributed by atoms with Crippen molar-refractivity contribution < 1.29 is 9.32 Å². The molecule has 7 heteroatoms. The summed E-state index contributed by atoms with van der Waals surface area (Å²) in [7, 11) is 0. The average molecular weight is 331 g/mol. The Hall–Kier alpha value is -2.60. The molecule has 2 heterocycles. The molecule has 2 aromatic heterocycles. The molecule has 1 amide bonds. The molecule has 0 aliphatic heterocycles. The van der Waals surface area contributed by atoms with E-state index in [0.717, 1.165) is 27.8 Å². The predicted octanol–water partition coefficient (Wildman–Crippen LogP) is 3.18. The molecule has 0 spiro atoms. The molecule has 3 rings (SSSR count). The molecular formula is C16H15ClN4O2. The predicted molar refractivity (Wildman–Crippen MR) is 88.2 cm³/mol. The first-order chi connectivity index (χ1) is 11.0. The van der Waals surface area contributed by atoms with Crippen LogP contribution in [0.25, 0.3) is 10.9 Å². The first-order valence-corrected chi connectivity index (χ1v) is 7.43. The summed E-state index contributed by atoms with van der Waals surface area (Å²) in [5, 5.41) is 5.33. The van der Waals surface area contributed by atoms with Crippen LogP contribution in [0.5, 0.6) is 0 Å². The van der Waals surface area contributed by atoms with Crippen molar-refractivity contribution in [1.29, 1.82) is 0 Å². The molecule has 0 unspecified atom stereocenters. The van der Waals surface area contributed by atoms with Crippen molar-refractivity contribution in [2.24, 2.45) is 0 Å². The van der Waals surface area contributed by atoms with Crippen molar-refractivity contribution >= 4 is 34.1 Å². The smallest absolute Gasteiger partial charge is 0.242 e. The summed E-state index contributed by atoms with van der Waals surface area (Å²) in [5.41, 5.74) is 8.63. The van der Waals surface area contributed by atoms with Crippen molar-refractivity contribution in [3.8, 4) is 0 Å². The molecule has 0 fully saturated rings. The average Bonchev–Trinajstić information content (AvgIpc) is 2.84.